The molecule has 7 heteroatoms. The minimum Gasteiger partial charge on any atom is -0.369 e. The van der Waals surface area contributed by atoms with Crippen LogP contribution in [-0.2, 0) is 4.79 Å². The van der Waals surface area contributed by atoms with Crippen molar-refractivity contribution in [3.63, 3.8) is 0 Å². The molecule has 2 aliphatic rings. The third kappa shape index (κ3) is 3.65. The van der Waals surface area contributed by atoms with Crippen LogP contribution in [0.1, 0.15) is 24.8 Å². The van der Waals surface area contributed by atoms with Crippen LogP contribution in [0.4, 0.5) is 11.5 Å². The first-order valence-electron chi connectivity index (χ1n) is 8.64. The normalized spacial score (nSPS) is 18.4. The number of carbonyl (C=O) groups is 1. The predicted octanol–water partition coefficient (Wildman–Crippen LogP) is 3.45. The van der Waals surface area contributed by atoms with Crippen LogP contribution in [0.2, 0.25) is 0 Å². The zero-order valence-corrected chi connectivity index (χ0v) is 16.3. The summed E-state index contributed by atoms with van der Waals surface area (Å²) < 4.78 is 0. The lowest BCUT2D eigenvalue weighted by atomic mass is 9.91. The number of benzene rings is 1. The van der Waals surface area contributed by atoms with Gasteiger partial charge in [0.05, 0.1) is 5.92 Å². The maximum atomic E-state index is 12.2. The molecule has 0 radical (unpaired) electrons. The van der Waals surface area contributed by atoms with Crippen molar-refractivity contribution < 1.29 is 4.79 Å². The van der Waals surface area contributed by atoms with E-state index in [4.69, 9.17) is 0 Å². The van der Waals surface area contributed by atoms with Crippen molar-refractivity contribution in [1.82, 2.24) is 10.3 Å². The first-order valence-corrected chi connectivity index (χ1v) is 8.64. The number of amides is 1. The molecule has 1 unspecified atom stereocenters. The number of piperazine rings is 1. The van der Waals surface area contributed by atoms with Crippen LogP contribution in [-0.4, -0.2) is 37.1 Å². The topological polar surface area (TPSA) is 57.3 Å². The quantitative estimate of drug-likeness (QED) is 0.836. The largest absolute Gasteiger partial charge is 0.369 e. The van der Waals surface area contributed by atoms with Gasteiger partial charge in [0.1, 0.15) is 5.82 Å². The molecule has 1 aromatic carbocycles. The molecule has 1 atom stereocenters. The van der Waals surface area contributed by atoms with E-state index in [9.17, 15) is 4.79 Å². The lowest BCUT2D eigenvalue weighted by molar-refractivity contribution is -0.117. The number of anilines is 2. The van der Waals surface area contributed by atoms with E-state index in [1.165, 1.54) is 5.69 Å². The lowest BCUT2D eigenvalue weighted by Crippen LogP contribution is -2.43. The van der Waals surface area contributed by atoms with E-state index in [0.29, 0.717) is 0 Å². The number of aromatic nitrogens is 1. The summed E-state index contributed by atoms with van der Waals surface area (Å²) in [6, 6.07) is 10.6. The van der Waals surface area contributed by atoms with E-state index in [2.05, 4.69) is 44.8 Å². The van der Waals surface area contributed by atoms with Crippen LogP contribution < -0.4 is 15.5 Å². The van der Waals surface area contributed by atoms with Gasteiger partial charge in [-0.05, 0) is 35.7 Å². The molecule has 3 heterocycles. The molecule has 0 aliphatic carbocycles. The summed E-state index contributed by atoms with van der Waals surface area (Å²) in [6.45, 7) is 6.13. The molecule has 4 rings (SSSR count). The van der Waals surface area contributed by atoms with Gasteiger partial charge in [-0.1, -0.05) is 19.1 Å². The molecule has 1 fully saturated rings. The number of nitrogens with one attached hydrogen (secondary N) is 2. The Kier molecular flexibility index (Phi) is 6.87. The van der Waals surface area contributed by atoms with Gasteiger partial charge in [-0.25, -0.2) is 4.98 Å². The minimum atomic E-state index is -0.105. The van der Waals surface area contributed by atoms with E-state index < -0.39 is 0 Å². The monoisotopic (exact) mass is 394 g/mol. The molecule has 2 aliphatic heterocycles. The molecule has 26 heavy (non-hydrogen) atoms. The van der Waals surface area contributed by atoms with Gasteiger partial charge in [-0.3, -0.25) is 4.79 Å². The van der Waals surface area contributed by atoms with Crippen molar-refractivity contribution in [2.24, 2.45) is 0 Å². The molecule has 0 spiro atoms. The van der Waals surface area contributed by atoms with E-state index in [0.717, 1.165) is 55.1 Å². The van der Waals surface area contributed by atoms with Crippen LogP contribution in [0.3, 0.4) is 0 Å². The third-order valence-corrected chi connectivity index (χ3v) is 4.94. The molecule has 0 saturated carbocycles. The van der Waals surface area contributed by atoms with Crippen molar-refractivity contribution in [3.05, 3.63) is 42.1 Å². The van der Waals surface area contributed by atoms with Gasteiger partial charge in [0.15, 0.2) is 0 Å². The predicted molar refractivity (Wildman–Crippen MR) is 111 cm³/mol. The summed E-state index contributed by atoms with van der Waals surface area (Å²) in [5.41, 5.74) is 4.55. The van der Waals surface area contributed by atoms with Gasteiger partial charge in [-0.2, -0.15) is 0 Å². The lowest BCUT2D eigenvalue weighted by Gasteiger charge is -2.29. The molecule has 1 amide bonds. The smallest absolute Gasteiger partial charge is 0.233 e. The molecule has 1 saturated heterocycles. The number of rotatable bonds is 3. The Bertz CT molecular complexity index is 778. The standard InChI is InChI=1S/C19H22N4O.2ClH/c1-2-15-17-16(6-7-21-18(17)22-19(15)24)13-4-3-5-14(12-13)23-10-8-20-9-11-23;;/h3-7,12,15,20H,2,8-11H2,1H3,(H,21,22,24);2*1H. The van der Waals surface area contributed by atoms with E-state index in [1.54, 1.807) is 6.20 Å². The summed E-state index contributed by atoms with van der Waals surface area (Å²) >= 11 is 0. The SMILES string of the molecule is CCC1C(=O)Nc2nccc(-c3cccc(N4CCNCC4)c3)c21.Cl.Cl. The van der Waals surface area contributed by atoms with E-state index >= 15 is 0 Å². The van der Waals surface area contributed by atoms with Crippen molar-refractivity contribution in [1.29, 1.82) is 0 Å². The average Bonchev–Trinajstić information content (AvgIpc) is 2.97. The van der Waals surface area contributed by atoms with Crippen molar-refractivity contribution in [2.75, 3.05) is 36.4 Å². The molecule has 1 aromatic heterocycles. The highest BCUT2D eigenvalue weighted by Gasteiger charge is 2.32. The Morgan fingerprint density at radius 3 is 2.69 bits per heavy atom. The summed E-state index contributed by atoms with van der Waals surface area (Å²) in [5, 5.41) is 6.31. The van der Waals surface area contributed by atoms with Crippen LogP contribution in [0.5, 0.6) is 0 Å². The molecule has 2 N–H and O–H groups in total. The van der Waals surface area contributed by atoms with Gasteiger partial charge in [0, 0.05) is 43.6 Å². The van der Waals surface area contributed by atoms with Crippen LogP contribution in [0, 0.1) is 0 Å². The fourth-order valence-corrected chi connectivity index (χ4v) is 3.69. The van der Waals surface area contributed by atoms with Crippen molar-refractivity contribution in [2.45, 2.75) is 19.3 Å². The zero-order chi connectivity index (χ0) is 16.5. The Labute approximate surface area is 166 Å². The Morgan fingerprint density at radius 1 is 1.19 bits per heavy atom. The minimum absolute atomic E-state index is 0. The number of hydrogen-bond donors (Lipinski definition) is 2. The second kappa shape index (κ2) is 8.71. The van der Waals surface area contributed by atoms with Crippen LogP contribution in [0.25, 0.3) is 11.1 Å². The Balaban J connectivity index is 0.00000121. The van der Waals surface area contributed by atoms with Gasteiger partial charge in [0.25, 0.3) is 0 Å². The van der Waals surface area contributed by atoms with Crippen LogP contribution >= 0.6 is 24.8 Å². The second-order valence-corrected chi connectivity index (χ2v) is 6.36. The third-order valence-electron chi connectivity index (χ3n) is 4.94. The second-order valence-electron chi connectivity index (χ2n) is 6.36. The number of nitrogens with zero attached hydrogens (tertiary/aromatic N) is 2. The fraction of sp³-hybridized carbons (Fsp3) is 0.368. The van der Waals surface area contributed by atoms with E-state index in [-0.39, 0.29) is 36.6 Å². The van der Waals surface area contributed by atoms with Crippen molar-refractivity contribution in [3.8, 4) is 11.1 Å². The number of fused-ring (bicyclic) bond motifs is 1. The van der Waals surface area contributed by atoms with Crippen LogP contribution in [0.15, 0.2) is 36.5 Å². The maximum absolute atomic E-state index is 12.2. The molecular weight excluding hydrogens is 371 g/mol. The van der Waals surface area contributed by atoms with Gasteiger partial charge in [0.2, 0.25) is 5.91 Å². The first-order chi connectivity index (χ1) is 11.8. The first kappa shape index (κ1) is 20.5. The van der Waals surface area contributed by atoms with Gasteiger partial charge >= 0.3 is 0 Å². The highest BCUT2D eigenvalue weighted by molar-refractivity contribution is 6.04. The number of carbonyl (C=O) groups excluding carboxylic acids is 1. The highest BCUT2D eigenvalue weighted by Crippen LogP contribution is 2.40. The Morgan fingerprint density at radius 2 is 1.96 bits per heavy atom. The van der Waals surface area contributed by atoms with E-state index in [1.807, 2.05) is 13.0 Å². The molecular formula is C19H24Cl2N4O. The highest BCUT2D eigenvalue weighted by atomic mass is 35.5. The molecule has 2 aromatic rings. The fourth-order valence-electron chi connectivity index (χ4n) is 3.69. The maximum Gasteiger partial charge on any atom is 0.233 e. The summed E-state index contributed by atoms with van der Waals surface area (Å²) in [4.78, 5) is 19.0. The number of hydrogen-bond acceptors (Lipinski definition) is 4. The summed E-state index contributed by atoms with van der Waals surface area (Å²) in [7, 11) is 0. The molecule has 0 bridgehead atoms. The van der Waals surface area contributed by atoms with Gasteiger partial charge in [-0.15, -0.1) is 24.8 Å². The molecule has 5 nitrogen and oxygen atoms in total. The number of halogens is 2. The average molecular weight is 395 g/mol. The summed E-state index contributed by atoms with van der Waals surface area (Å²) in [6.07, 6.45) is 2.57. The zero-order valence-electron chi connectivity index (χ0n) is 14.7. The molecule has 140 valence electrons. The number of pyridine rings is 1. The van der Waals surface area contributed by atoms with Gasteiger partial charge < -0.3 is 15.5 Å². The summed E-state index contributed by atoms with van der Waals surface area (Å²) in [5.74, 6) is 0.675. The van der Waals surface area contributed by atoms with Crippen molar-refractivity contribution >= 4 is 42.2 Å². The Hall–Kier alpha value is -1.82.